The molecule has 0 radical (unpaired) electrons. The van der Waals surface area contributed by atoms with Crippen molar-refractivity contribution in [2.75, 3.05) is 4.90 Å². The molecule has 9 heteroatoms. The van der Waals surface area contributed by atoms with Crippen LogP contribution in [-0.4, -0.2) is 39.8 Å². The summed E-state index contributed by atoms with van der Waals surface area (Å²) >= 11 is 6.41. The monoisotopic (exact) mass is 548 g/mol. The van der Waals surface area contributed by atoms with Gasteiger partial charge in [-0.1, -0.05) is 72.3 Å². The van der Waals surface area contributed by atoms with Crippen molar-refractivity contribution in [3.8, 4) is 0 Å². The number of carbonyl (C=O) groups is 2. The molecule has 1 aliphatic heterocycles. The van der Waals surface area contributed by atoms with Crippen LogP contribution in [0, 0.1) is 10.1 Å². The van der Waals surface area contributed by atoms with Gasteiger partial charge in [0.05, 0.1) is 23.6 Å². The minimum Gasteiger partial charge on any atom is -0.443 e. The zero-order chi connectivity index (χ0) is 28.1. The van der Waals surface area contributed by atoms with Crippen molar-refractivity contribution in [2.45, 2.75) is 62.2 Å². The summed E-state index contributed by atoms with van der Waals surface area (Å²) in [6.45, 7) is 5.04. The molecule has 1 N–H and O–H groups in total. The number of ether oxygens (including phenoxy) is 1. The average Bonchev–Trinajstić information content (AvgIpc) is 3.13. The number of anilines is 1. The summed E-state index contributed by atoms with van der Waals surface area (Å²) in [6, 6.07) is 21.0. The lowest BCUT2D eigenvalue weighted by Gasteiger charge is -2.47. The van der Waals surface area contributed by atoms with E-state index in [1.165, 1.54) is 18.2 Å². The molecular formula is C30H29ClN2O6. The Morgan fingerprint density at radius 2 is 1.64 bits per heavy atom. The van der Waals surface area contributed by atoms with Crippen LogP contribution in [0.5, 0.6) is 0 Å². The van der Waals surface area contributed by atoms with E-state index in [1.807, 2.05) is 6.07 Å². The van der Waals surface area contributed by atoms with Crippen LogP contribution in [0.15, 0.2) is 78.9 Å². The fourth-order valence-electron chi connectivity index (χ4n) is 6.25. The predicted molar refractivity (Wildman–Crippen MR) is 147 cm³/mol. The molecule has 1 spiro atoms. The van der Waals surface area contributed by atoms with Crippen molar-refractivity contribution in [1.29, 1.82) is 0 Å². The second-order valence-corrected chi connectivity index (χ2v) is 11.5. The molecule has 0 unspecified atom stereocenters. The SMILES string of the molecule is CC(C)(C)OC(=O)N1C(=O)[C@]2(c3cc(Cl)ccc31)[C@H](O)C[C@@H](c1ccccc1)[C@@H]([N+](=O)[O-])[C@@H]2c1ccccc1. The van der Waals surface area contributed by atoms with Gasteiger partial charge in [0.15, 0.2) is 0 Å². The summed E-state index contributed by atoms with van der Waals surface area (Å²) in [5, 5.41) is 25.2. The lowest BCUT2D eigenvalue weighted by Crippen LogP contribution is -2.62. The maximum Gasteiger partial charge on any atom is 0.421 e. The second-order valence-electron chi connectivity index (χ2n) is 11.1. The van der Waals surface area contributed by atoms with Crippen LogP contribution in [0.25, 0.3) is 0 Å². The number of hydrogen-bond acceptors (Lipinski definition) is 6. The summed E-state index contributed by atoms with van der Waals surface area (Å²) in [6.07, 6.45) is -2.37. The topological polar surface area (TPSA) is 110 Å². The van der Waals surface area contributed by atoms with Gasteiger partial charge in [0.2, 0.25) is 6.04 Å². The van der Waals surface area contributed by atoms with Crippen molar-refractivity contribution in [3.05, 3.63) is 111 Å². The van der Waals surface area contributed by atoms with Gasteiger partial charge in [-0.05, 0) is 62.1 Å². The van der Waals surface area contributed by atoms with E-state index in [-0.39, 0.29) is 27.6 Å². The zero-order valence-electron chi connectivity index (χ0n) is 21.8. The van der Waals surface area contributed by atoms with Gasteiger partial charge in [0.1, 0.15) is 11.0 Å². The number of aliphatic hydroxyl groups excluding tert-OH is 1. The van der Waals surface area contributed by atoms with Crippen LogP contribution in [-0.2, 0) is 14.9 Å². The van der Waals surface area contributed by atoms with Gasteiger partial charge < -0.3 is 9.84 Å². The molecule has 0 saturated heterocycles. The largest absolute Gasteiger partial charge is 0.443 e. The van der Waals surface area contributed by atoms with E-state index in [0.717, 1.165) is 4.90 Å². The Hall–Kier alpha value is -3.75. The smallest absolute Gasteiger partial charge is 0.421 e. The van der Waals surface area contributed by atoms with Gasteiger partial charge >= 0.3 is 6.09 Å². The Balaban J connectivity index is 1.79. The number of amides is 2. The number of aliphatic hydroxyl groups is 1. The van der Waals surface area contributed by atoms with E-state index in [2.05, 4.69) is 0 Å². The summed E-state index contributed by atoms with van der Waals surface area (Å²) in [4.78, 5) is 41.5. The van der Waals surface area contributed by atoms with Crippen LogP contribution < -0.4 is 4.90 Å². The van der Waals surface area contributed by atoms with Gasteiger partial charge in [-0.25, -0.2) is 9.69 Å². The second kappa shape index (κ2) is 9.77. The predicted octanol–water partition coefficient (Wildman–Crippen LogP) is 5.84. The molecule has 8 nitrogen and oxygen atoms in total. The van der Waals surface area contributed by atoms with E-state index >= 15 is 0 Å². The molecule has 1 fully saturated rings. The first-order chi connectivity index (χ1) is 18.5. The van der Waals surface area contributed by atoms with Crippen LogP contribution in [0.3, 0.4) is 0 Å². The highest BCUT2D eigenvalue weighted by molar-refractivity contribution is 6.31. The van der Waals surface area contributed by atoms with Crippen molar-refractivity contribution in [1.82, 2.24) is 0 Å². The normalized spacial score (nSPS) is 26.4. The average molecular weight is 549 g/mol. The van der Waals surface area contributed by atoms with Crippen molar-refractivity contribution in [2.24, 2.45) is 0 Å². The molecule has 1 heterocycles. The molecule has 1 saturated carbocycles. The van der Waals surface area contributed by atoms with Crippen LogP contribution >= 0.6 is 11.6 Å². The highest BCUT2D eigenvalue weighted by Crippen LogP contribution is 2.60. The molecule has 0 bridgehead atoms. The third-order valence-corrected chi connectivity index (χ3v) is 7.89. The van der Waals surface area contributed by atoms with Crippen molar-refractivity contribution < 1.29 is 24.4 Å². The molecule has 1 aliphatic carbocycles. The maximum absolute atomic E-state index is 14.6. The van der Waals surface area contributed by atoms with Gasteiger partial charge in [-0.15, -0.1) is 0 Å². The lowest BCUT2D eigenvalue weighted by molar-refractivity contribution is -0.537. The highest BCUT2D eigenvalue weighted by atomic mass is 35.5. The molecule has 0 aromatic heterocycles. The first kappa shape index (κ1) is 26.8. The maximum atomic E-state index is 14.6. The Morgan fingerprint density at radius 3 is 2.21 bits per heavy atom. The molecule has 3 aromatic carbocycles. The van der Waals surface area contributed by atoms with Gasteiger partial charge in [0, 0.05) is 9.95 Å². The molecule has 5 atom stereocenters. The summed E-state index contributed by atoms with van der Waals surface area (Å²) in [5.41, 5.74) is -1.11. The highest BCUT2D eigenvalue weighted by Gasteiger charge is 2.69. The lowest BCUT2D eigenvalue weighted by atomic mass is 9.54. The fourth-order valence-corrected chi connectivity index (χ4v) is 6.43. The number of hydrogen-bond donors (Lipinski definition) is 1. The number of imide groups is 1. The number of fused-ring (bicyclic) bond motifs is 2. The fraction of sp³-hybridized carbons (Fsp3) is 0.333. The quantitative estimate of drug-likeness (QED) is 0.325. The Kier molecular flexibility index (Phi) is 6.73. The first-order valence-electron chi connectivity index (χ1n) is 12.8. The summed E-state index contributed by atoms with van der Waals surface area (Å²) in [7, 11) is 0. The molecule has 2 aliphatic rings. The van der Waals surface area contributed by atoms with E-state index in [9.17, 15) is 24.8 Å². The molecule has 5 rings (SSSR count). The Labute approximate surface area is 231 Å². The van der Waals surface area contributed by atoms with Crippen molar-refractivity contribution >= 4 is 29.3 Å². The zero-order valence-corrected chi connectivity index (χ0v) is 22.5. The van der Waals surface area contributed by atoms with E-state index in [4.69, 9.17) is 16.3 Å². The van der Waals surface area contributed by atoms with Crippen LogP contribution in [0.4, 0.5) is 10.5 Å². The molecule has 39 heavy (non-hydrogen) atoms. The van der Waals surface area contributed by atoms with Gasteiger partial charge in [-0.3, -0.25) is 14.9 Å². The Bertz CT molecular complexity index is 1420. The number of nitrogens with zero attached hydrogens (tertiary/aromatic N) is 2. The number of carbonyl (C=O) groups excluding carboxylic acids is 2. The molecule has 3 aromatic rings. The van der Waals surface area contributed by atoms with E-state index < -0.39 is 47.0 Å². The molecule has 202 valence electrons. The summed E-state index contributed by atoms with van der Waals surface area (Å²) < 4.78 is 5.57. The first-order valence-corrected chi connectivity index (χ1v) is 13.1. The number of rotatable bonds is 3. The number of benzene rings is 3. The summed E-state index contributed by atoms with van der Waals surface area (Å²) in [5.74, 6) is -2.59. The van der Waals surface area contributed by atoms with Crippen LogP contribution in [0.2, 0.25) is 5.02 Å². The third kappa shape index (κ3) is 4.37. The van der Waals surface area contributed by atoms with Gasteiger partial charge in [0.25, 0.3) is 5.91 Å². The minimum atomic E-state index is -1.86. The standard InChI is InChI=1S/C30H29ClN2O6/c1-29(2,3)39-28(36)32-23-15-14-20(31)16-22(23)30(27(32)35)24(34)17-21(18-10-6-4-7-11-18)26(33(37)38)25(30)19-12-8-5-9-13-19/h4-16,21,24-26,34H,17H2,1-3H3/t21-,24+,25-,26+,30+/m0/s1. The Morgan fingerprint density at radius 1 is 1.05 bits per heavy atom. The van der Waals surface area contributed by atoms with E-state index in [1.54, 1.807) is 75.4 Å². The molecule has 2 amide bonds. The molecular weight excluding hydrogens is 520 g/mol. The minimum absolute atomic E-state index is 0.0706. The third-order valence-electron chi connectivity index (χ3n) is 7.66. The number of nitro groups is 1. The number of halogens is 1. The van der Waals surface area contributed by atoms with Crippen LogP contribution in [0.1, 0.15) is 55.7 Å². The van der Waals surface area contributed by atoms with Crippen molar-refractivity contribution in [3.63, 3.8) is 0 Å². The van der Waals surface area contributed by atoms with E-state index in [0.29, 0.717) is 11.1 Å². The van der Waals surface area contributed by atoms with Gasteiger partial charge in [-0.2, -0.15) is 0 Å².